The monoisotopic (exact) mass is 278 g/mol. The number of para-hydroxylation sites is 1. The van der Waals surface area contributed by atoms with Gasteiger partial charge in [-0.3, -0.25) is 4.90 Å². The zero-order chi connectivity index (χ0) is 14.7. The predicted molar refractivity (Wildman–Crippen MR) is 73.7 cm³/mol. The summed E-state index contributed by atoms with van der Waals surface area (Å²) in [6.45, 7) is 1.93. The van der Waals surface area contributed by atoms with Crippen LogP contribution in [-0.2, 0) is 11.2 Å². The minimum atomic E-state index is -1.29. The number of fused-ring (bicyclic) bond motifs is 1. The van der Waals surface area contributed by atoms with Gasteiger partial charge in [0.05, 0.1) is 6.61 Å². The van der Waals surface area contributed by atoms with Crippen LogP contribution in [0.4, 0.5) is 10.5 Å². The van der Waals surface area contributed by atoms with Crippen molar-refractivity contribution < 1.29 is 19.8 Å². The lowest BCUT2D eigenvalue weighted by atomic mass is 9.94. The van der Waals surface area contributed by atoms with Crippen molar-refractivity contribution in [3.63, 3.8) is 0 Å². The average molecular weight is 278 g/mol. The molecule has 0 spiro atoms. The van der Waals surface area contributed by atoms with Crippen molar-refractivity contribution in [1.29, 1.82) is 0 Å². The van der Waals surface area contributed by atoms with Crippen LogP contribution in [0.2, 0.25) is 0 Å². The summed E-state index contributed by atoms with van der Waals surface area (Å²) in [4.78, 5) is 24.6. The molecule has 1 aromatic carbocycles. The van der Waals surface area contributed by atoms with Gasteiger partial charge in [0, 0.05) is 12.2 Å². The van der Waals surface area contributed by atoms with E-state index in [1.165, 1.54) is 4.90 Å². The summed E-state index contributed by atoms with van der Waals surface area (Å²) in [5.74, 6) is -0.952. The van der Waals surface area contributed by atoms with Gasteiger partial charge in [-0.05, 0) is 24.0 Å². The fourth-order valence-corrected chi connectivity index (χ4v) is 2.40. The minimum Gasteiger partial charge on any atom is -0.480 e. The highest BCUT2D eigenvalue weighted by molar-refractivity contribution is 5.95. The van der Waals surface area contributed by atoms with E-state index in [-0.39, 0.29) is 0 Å². The standard InChI is InChI=1S/C14H18N2O4/c1-9-6-10-4-2-3-5-12(10)16(7-9)14(20)15-11(8-17)13(18)19/h2-5,9,11,17H,6-8H2,1H3,(H,15,20)(H,18,19). The fourth-order valence-electron chi connectivity index (χ4n) is 2.40. The Labute approximate surface area is 117 Å². The second kappa shape index (κ2) is 5.92. The van der Waals surface area contributed by atoms with Gasteiger partial charge in [-0.25, -0.2) is 9.59 Å². The maximum atomic E-state index is 12.2. The number of hydrogen-bond acceptors (Lipinski definition) is 3. The van der Waals surface area contributed by atoms with E-state index < -0.39 is 24.6 Å². The lowest BCUT2D eigenvalue weighted by Crippen LogP contribution is -2.52. The third-order valence-electron chi connectivity index (χ3n) is 3.37. The first kappa shape index (κ1) is 14.3. The largest absolute Gasteiger partial charge is 0.480 e. The van der Waals surface area contributed by atoms with Crippen molar-refractivity contribution in [3.05, 3.63) is 29.8 Å². The number of aliphatic hydroxyl groups excluding tert-OH is 1. The van der Waals surface area contributed by atoms with E-state index in [4.69, 9.17) is 10.2 Å². The van der Waals surface area contributed by atoms with Crippen molar-refractivity contribution in [1.82, 2.24) is 5.32 Å². The Morgan fingerprint density at radius 1 is 1.45 bits per heavy atom. The number of urea groups is 1. The molecule has 0 saturated heterocycles. The summed E-state index contributed by atoms with van der Waals surface area (Å²) in [6.07, 6.45) is 0.891. The Morgan fingerprint density at radius 3 is 2.80 bits per heavy atom. The van der Waals surface area contributed by atoms with Gasteiger partial charge >= 0.3 is 12.0 Å². The Kier molecular flexibility index (Phi) is 4.24. The second-order valence-electron chi connectivity index (χ2n) is 5.07. The molecule has 0 aliphatic carbocycles. The third kappa shape index (κ3) is 2.91. The molecule has 0 saturated carbocycles. The number of carbonyl (C=O) groups excluding carboxylic acids is 1. The first-order valence-corrected chi connectivity index (χ1v) is 6.52. The smallest absolute Gasteiger partial charge is 0.328 e. The van der Waals surface area contributed by atoms with E-state index in [0.717, 1.165) is 17.7 Å². The lowest BCUT2D eigenvalue weighted by molar-refractivity contribution is -0.140. The van der Waals surface area contributed by atoms with Crippen molar-refractivity contribution in [2.45, 2.75) is 19.4 Å². The number of nitrogens with one attached hydrogen (secondary N) is 1. The Morgan fingerprint density at radius 2 is 2.15 bits per heavy atom. The van der Waals surface area contributed by atoms with Gasteiger partial charge in [-0.2, -0.15) is 0 Å². The van der Waals surface area contributed by atoms with E-state index in [9.17, 15) is 9.59 Å². The number of anilines is 1. The number of nitrogens with zero attached hydrogens (tertiary/aromatic N) is 1. The van der Waals surface area contributed by atoms with Gasteiger partial charge in [0.1, 0.15) is 0 Å². The fraction of sp³-hybridized carbons (Fsp3) is 0.429. The van der Waals surface area contributed by atoms with E-state index >= 15 is 0 Å². The molecule has 1 aliphatic rings. The summed E-state index contributed by atoms with van der Waals surface area (Å²) >= 11 is 0. The number of carbonyl (C=O) groups is 2. The molecule has 0 radical (unpaired) electrons. The van der Waals surface area contributed by atoms with Crippen molar-refractivity contribution >= 4 is 17.7 Å². The van der Waals surface area contributed by atoms with Crippen LogP contribution in [0.3, 0.4) is 0 Å². The maximum Gasteiger partial charge on any atom is 0.328 e. The predicted octanol–water partition coefficient (Wildman–Crippen LogP) is 0.840. The number of hydrogen-bond donors (Lipinski definition) is 3. The molecular weight excluding hydrogens is 260 g/mol. The quantitative estimate of drug-likeness (QED) is 0.764. The van der Waals surface area contributed by atoms with Gasteiger partial charge in [-0.15, -0.1) is 0 Å². The summed E-state index contributed by atoms with van der Waals surface area (Å²) in [5.41, 5.74) is 1.86. The van der Waals surface area contributed by atoms with Crippen LogP contribution in [0.15, 0.2) is 24.3 Å². The zero-order valence-corrected chi connectivity index (χ0v) is 11.2. The summed E-state index contributed by atoms with van der Waals surface area (Å²) in [7, 11) is 0. The molecule has 2 unspecified atom stereocenters. The van der Waals surface area contributed by atoms with Gasteiger partial charge in [0.25, 0.3) is 0 Å². The van der Waals surface area contributed by atoms with E-state index in [0.29, 0.717) is 12.5 Å². The Hall–Kier alpha value is -2.08. The van der Waals surface area contributed by atoms with Crippen LogP contribution < -0.4 is 10.2 Å². The first-order chi connectivity index (χ1) is 9.52. The van der Waals surface area contributed by atoms with E-state index in [1.807, 2.05) is 31.2 Å². The lowest BCUT2D eigenvalue weighted by Gasteiger charge is -2.33. The van der Waals surface area contributed by atoms with Gasteiger partial charge in [0.2, 0.25) is 0 Å². The van der Waals surface area contributed by atoms with Gasteiger partial charge < -0.3 is 15.5 Å². The number of rotatable bonds is 3. The number of carboxylic acids is 1. The van der Waals surface area contributed by atoms with Crippen molar-refractivity contribution in [2.24, 2.45) is 5.92 Å². The molecule has 2 rings (SSSR count). The normalized spacial score (nSPS) is 19.1. The minimum absolute atomic E-state index is 0.299. The highest BCUT2D eigenvalue weighted by Crippen LogP contribution is 2.29. The topological polar surface area (TPSA) is 89.9 Å². The summed E-state index contributed by atoms with van der Waals surface area (Å²) in [6, 6.07) is 5.79. The van der Waals surface area contributed by atoms with Crippen molar-refractivity contribution in [2.75, 3.05) is 18.1 Å². The molecule has 3 N–H and O–H groups in total. The van der Waals surface area contributed by atoms with Gasteiger partial charge in [-0.1, -0.05) is 25.1 Å². The highest BCUT2D eigenvalue weighted by Gasteiger charge is 2.28. The van der Waals surface area contributed by atoms with Crippen LogP contribution in [-0.4, -0.2) is 41.4 Å². The highest BCUT2D eigenvalue weighted by atomic mass is 16.4. The summed E-state index contributed by atoms with van der Waals surface area (Å²) < 4.78 is 0. The third-order valence-corrected chi connectivity index (χ3v) is 3.37. The van der Waals surface area contributed by atoms with Crippen LogP contribution in [0, 0.1) is 5.92 Å². The molecule has 1 aromatic rings. The molecule has 0 fully saturated rings. The number of amides is 2. The first-order valence-electron chi connectivity index (χ1n) is 6.52. The second-order valence-corrected chi connectivity index (χ2v) is 5.07. The molecule has 1 aliphatic heterocycles. The molecule has 0 bridgehead atoms. The molecular formula is C14H18N2O4. The van der Waals surface area contributed by atoms with E-state index in [2.05, 4.69) is 5.32 Å². The Bertz CT molecular complexity index is 518. The van der Waals surface area contributed by atoms with Crippen LogP contribution in [0.5, 0.6) is 0 Å². The number of carboxylic acid groups (broad SMARTS) is 1. The molecule has 20 heavy (non-hydrogen) atoms. The molecule has 2 atom stereocenters. The molecule has 1 heterocycles. The van der Waals surface area contributed by atoms with E-state index in [1.54, 1.807) is 0 Å². The molecule has 108 valence electrons. The number of aliphatic carboxylic acids is 1. The van der Waals surface area contributed by atoms with Gasteiger partial charge in [0.15, 0.2) is 6.04 Å². The molecule has 2 amide bonds. The Balaban J connectivity index is 2.20. The molecule has 6 heteroatoms. The zero-order valence-electron chi connectivity index (χ0n) is 11.2. The average Bonchev–Trinajstić information content (AvgIpc) is 2.43. The molecule has 6 nitrogen and oxygen atoms in total. The maximum absolute atomic E-state index is 12.2. The SMILES string of the molecule is CC1Cc2ccccc2N(C(=O)NC(CO)C(=O)O)C1. The van der Waals surface area contributed by atoms with Crippen LogP contribution in [0.1, 0.15) is 12.5 Å². The van der Waals surface area contributed by atoms with Crippen LogP contribution >= 0.6 is 0 Å². The summed E-state index contributed by atoms with van der Waals surface area (Å²) in [5, 5.41) is 20.2. The number of aliphatic hydroxyl groups is 1. The number of benzene rings is 1. The van der Waals surface area contributed by atoms with Crippen LogP contribution in [0.25, 0.3) is 0 Å². The van der Waals surface area contributed by atoms with Crippen molar-refractivity contribution in [3.8, 4) is 0 Å². The molecule has 0 aromatic heterocycles.